The van der Waals surface area contributed by atoms with E-state index in [0.717, 1.165) is 33.2 Å². The van der Waals surface area contributed by atoms with E-state index in [-0.39, 0.29) is 12.5 Å². The van der Waals surface area contributed by atoms with Crippen molar-refractivity contribution in [3.8, 4) is 28.4 Å². The lowest BCUT2D eigenvalue weighted by Crippen LogP contribution is -2.15. The van der Waals surface area contributed by atoms with Gasteiger partial charge < -0.3 is 19.8 Å². The number of imidazole rings is 2. The minimum absolute atomic E-state index is 0.174. The van der Waals surface area contributed by atoms with Gasteiger partial charge >= 0.3 is 5.69 Å². The number of fused-ring (bicyclic) bond motifs is 2. The normalized spacial score (nSPS) is 12.5. The molecule has 0 bridgehead atoms. The fraction of sp³-hybridized carbons (Fsp3) is 0.130. The molecule has 3 aromatic heterocycles. The molecule has 0 aliphatic carbocycles. The van der Waals surface area contributed by atoms with Crippen LogP contribution in [0.4, 0.5) is 5.82 Å². The second-order valence-corrected chi connectivity index (χ2v) is 9.42. The number of hydrogen-bond acceptors (Lipinski definition) is 6. The van der Waals surface area contributed by atoms with Crippen LogP contribution < -0.4 is 20.5 Å². The van der Waals surface area contributed by atoms with Crippen LogP contribution in [-0.4, -0.2) is 32.9 Å². The maximum Gasteiger partial charge on any atom is 0.332 e. The highest BCUT2D eigenvalue weighted by Gasteiger charge is 2.24. The van der Waals surface area contributed by atoms with Crippen LogP contribution in [0.5, 0.6) is 11.5 Å². The average molecular weight is 524 g/mol. The molecule has 5 aromatic rings. The number of nitrogens with one attached hydrogen (secondary N) is 3. The van der Waals surface area contributed by atoms with Gasteiger partial charge in [-0.2, -0.15) is 0 Å². The van der Waals surface area contributed by atoms with Crippen molar-refractivity contribution in [1.82, 2.24) is 19.5 Å². The van der Waals surface area contributed by atoms with Gasteiger partial charge in [0, 0.05) is 21.5 Å². The molecule has 2 aromatic carbocycles. The predicted molar refractivity (Wildman–Crippen MR) is 132 cm³/mol. The number of ether oxygens (including phenoxy) is 2. The summed E-state index contributed by atoms with van der Waals surface area (Å²) in [7, 11) is 0. The SMILES string of the molecule is O=c1[nH]c(NCCc2cccs2)c(-c2cc3c(cc2Br)OCO3)n1-c1ccc2nc[nH]c2c1. The van der Waals surface area contributed by atoms with Gasteiger partial charge in [0.25, 0.3) is 0 Å². The summed E-state index contributed by atoms with van der Waals surface area (Å²) < 4.78 is 13.6. The van der Waals surface area contributed by atoms with Crippen LogP contribution >= 0.6 is 27.3 Å². The van der Waals surface area contributed by atoms with Gasteiger partial charge in [-0.05, 0) is 64.1 Å². The number of aromatic amines is 2. The predicted octanol–water partition coefficient (Wildman–Crippen LogP) is 4.92. The molecule has 3 N–H and O–H groups in total. The molecule has 0 saturated carbocycles. The summed E-state index contributed by atoms with van der Waals surface area (Å²) in [5, 5.41) is 5.49. The third kappa shape index (κ3) is 3.61. The highest BCUT2D eigenvalue weighted by atomic mass is 79.9. The first-order valence-electron chi connectivity index (χ1n) is 10.3. The van der Waals surface area contributed by atoms with Crippen molar-refractivity contribution in [2.45, 2.75) is 6.42 Å². The summed E-state index contributed by atoms with van der Waals surface area (Å²) in [6, 6.07) is 13.6. The number of halogens is 1. The molecular formula is C23H18BrN5O3S. The molecule has 166 valence electrons. The molecule has 1 aliphatic heterocycles. The summed E-state index contributed by atoms with van der Waals surface area (Å²) >= 11 is 5.38. The summed E-state index contributed by atoms with van der Waals surface area (Å²) in [6.07, 6.45) is 2.49. The van der Waals surface area contributed by atoms with Crippen molar-refractivity contribution in [2.75, 3.05) is 18.7 Å². The first-order valence-corrected chi connectivity index (χ1v) is 12.0. The van der Waals surface area contributed by atoms with E-state index in [1.807, 2.05) is 36.4 Å². The van der Waals surface area contributed by atoms with Crippen LogP contribution in [0.25, 0.3) is 28.0 Å². The van der Waals surface area contributed by atoms with Gasteiger partial charge in [-0.25, -0.2) is 9.78 Å². The number of rotatable bonds is 6. The lowest BCUT2D eigenvalue weighted by atomic mass is 10.1. The topological polar surface area (TPSA) is 97.0 Å². The van der Waals surface area contributed by atoms with Crippen molar-refractivity contribution in [2.24, 2.45) is 0 Å². The quantitative estimate of drug-likeness (QED) is 0.293. The van der Waals surface area contributed by atoms with E-state index in [1.54, 1.807) is 22.2 Å². The Kier molecular flexibility index (Phi) is 4.96. The lowest BCUT2D eigenvalue weighted by molar-refractivity contribution is 0.174. The van der Waals surface area contributed by atoms with Gasteiger partial charge in [0.15, 0.2) is 11.5 Å². The third-order valence-corrected chi connectivity index (χ3v) is 7.12. The molecule has 1 aliphatic rings. The largest absolute Gasteiger partial charge is 0.454 e. The highest BCUT2D eigenvalue weighted by molar-refractivity contribution is 9.10. The van der Waals surface area contributed by atoms with Crippen molar-refractivity contribution >= 4 is 44.1 Å². The van der Waals surface area contributed by atoms with Gasteiger partial charge in [0.2, 0.25) is 6.79 Å². The Labute approximate surface area is 200 Å². The standard InChI is InChI=1S/C23H18BrN5O3S/c24-16-10-20-19(31-12-32-20)9-15(16)21-22(25-6-5-14-2-1-7-33-14)28-23(30)29(21)13-3-4-17-18(8-13)27-11-26-17/h1-4,7-11,25H,5-6,12H2,(H,26,27)(H,28,30). The number of thiophene rings is 1. The van der Waals surface area contributed by atoms with Crippen molar-refractivity contribution in [1.29, 1.82) is 0 Å². The molecule has 0 spiro atoms. The van der Waals surface area contributed by atoms with Crippen molar-refractivity contribution in [3.05, 3.63) is 74.0 Å². The van der Waals surface area contributed by atoms with Crippen LogP contribution in [0.1, 0.15) is 4.88 Å². The van der Waals surface area contributed by atoms with Crippen molar-refractivity contribution in [3.63, 3.8) is 0 Å². The maximum atomic E-state index is 13.2. The van der Waals surface area contributed by atoms with Crippen LogP contribution in [-0.2, 0) is 6.42 Å². The average Bonchev–Trinajstić information content (AvgIpc) is 3.60. The van der Waals surface area contributed by atoms with Crippen LogP contribution in [0.3, 0.4) is 0 Å². The monoisotopic (exact) mass is 523 g/mol. The summed E-state index contributed by atoms with van der Waals surface area (Å²) in [5.41, 5.74) is 3.67. The van der Waals surface area contributed by atoms with E-state index in [0.29, 0.717) is 29.6 Å². The van der Waals surface area contributed by atoms with Crippen molar-refractivity contribution < 1.29 is 9.47 Å². The Balaban J connectivity index is 1.49. The minimum atomic E-state index is -0.243. The molecule has 8 nitrogen and oxygen atoms in total. The van der Waals surface area contributed by atoms with E-state index in [1.165, 1.54) is 4.88 Å². The smallest absolute Gasteiger partial charge is 0.332 e. The van der Waals surface area contributed by atoms with E-state index in [4.69, 9.17) is 9.47 Å². The summed E-state index contributed by atoms with van der Waals surface area (Å²) in [4.78, 5) is 24.9. The molecule has 0 saturated heterocycles. The zero-order chi connectivity index (χ0) is 22.4. The highest BCUT2D eigenvalue weighted by Crippen LogP contribution is 2.43. The Hall–Kier alpha value is -3.50. The van der Waals surface area contributed by atoms with Crippen LogP contribution in [0.2, 0.25) is 0 Å². The Morgan fingerprint density at radius 2 is 2.06 bits per heavy atom. The molecule has 33 heavy (non-hydrogen) atoms. The first kappa shape index (κ1) is 20.1. The summed E-state index contributed by atoms with van der Waals surface area (Å²) in [5.74, 6) is 1.95. The molecule has 0 atom stereocenters. The van der Waals surface area contributed by atoms with Gasteiger partial charge in [-0.1, -0.05) is 6.07 Å². The Bertz CT molecular complexity index is 1520. The van der Waals surface area contributed by atoms with Crippen LogP contribution in [0.15, 0.2) is 63.4 Å². The number of nitrogens with zero attached hydrogens (tertiary/aromatic N) is 2. The second-order valence-electron chi connectivity index (χ2n) is 7.53. The molecule has 0 unspecified atom stereocenters. The maximum absolute atomic E-state index is 13.2. The molecule has 4 heterocycles. The zero-order valence-electron chi connectivity index (χ0n) is 17.2. The molecule has 6 rings (SSSR count). The number of anilines is 1. The second kappa shape index (κ2) is 8.13. The molecule has 10 heteroatoms. The summed E-state index contributed by atoms with van der Waals surface area (Å²) in [6.45, 7) is 0.850. The molecule has 0 amide bonds. The fourth-order valence-corrected chi connectivity index (χ4v) is 5.21. The zero-order valence-corrected chi connectivity index (χ0v) is 19.6. The molecular weight excluding hydrogens is 506 g/mol. The molecule has 0 radical (unpaired) electrons. The third-order valence-electron chi connectivity index (χ3n) is 5.53. The first-order chi connectivity index (χ1) is 16.2. The number of H-pyrrole nitrogens is 2. The Morgan fingerprint density at radius 1 is 1.18 bits per heavy atom. The Morgan fingerprint density at radius 3 is 2.91 bits per heavy atom. The van der Waals surface area contributed by atoms with Gasteiger partial charge in [-0.3, -0.25) is 9.55 Å². The van der Waals surface area contributed by atoms with Crippen LogP contribution in [0, 0.1) is 0 Å². The van der Waals surface area contributed by atoms with E-state index >= 15 is 0 Å². The van der Waals surface area contributed by atoms with Gasteiger partial charge in [0.1, 0.15) is 5.82 Å². The minimum Gasteiger partial charge on any atom is -0.454 e. The van der Waals surface area contributed by atoms with Gasteiger partial charge in [-0.15, -0.1) is 11.3 Å². The molecule has 0 fully saturated rings. The van der Waals surface area contributed by atoms with E-state index in [2.05, 4.69) is 47.6 Å². The lowest BCUT2D eigenvalue weighted by Gasteiger charge is -2.13. The number of aromatic nitrogens is 4. The fourth-order valence-electron chi connectivity index (χ4n) is 3.99. The number of benzene rings is 2. The van der Waals surface area contributed by atoms with E-state index < -0.39 is 0 Å². The van der Waals surface area contributed by atoms with E-state index in [9.17, 15) is 4.79 Å². The number of hydrogen-bond donors (Lipinski definition) is 3. The van der Waals surface area contributed by atoms with Gasteiger partial charge in [0.05, 0.1) is 28.7 Å².